The van der Waals surface area contributed by atoms with Crippen LogP contribution >= 0.6 is 0 Å². The average molecular weight is 264 g/mol. The molecule has 1 aliphatic carbocycles. The fourth-order valence-electron chi connectivity index (χ4n) is 2.91. The maximum absolute atomic E-state index is 11.9. The van der Waals surface area contributed by atoms with E-state index in [1.54, 1.807) is 0 Å². The number of allylic oxidation sites excluding steroid dienone is 1. The molecule has 2 aromatic carbocycles. The van der Waals surface area contributed by atoms with E-state index in [1.807, 2.05) is 66.7 Å². The van der Waals surface area contributed by atoms with E-state index in [-0.39, 0.29) is 0 Å². The molecule has 2 aromatic rings. The van der Waals surface area contributed by atoms with Crippen LogP contribution in [0.1, 0.15) is 24.0 Å². The monoisotopic (exact) mass is 264 g/mol. The van der Waals surface area contributed by atoms with E-state index in [1.165, 1.54) is 0 Å². The van der Waals surface area contributed by atoms with E-state index in [4.69, 9.17) is 0 Å². The summed E-state index contributed by atoms with van der Waals surface area (Å²) in [6.07, 6.45) is 3.35. The normalized spacial score (nSPS) is 21.5. The zero-order valence-corrected chi connectivity index (χ0v) is 11.1. The SMILES string of the molecule is O=C(O)[C@]1(c2ccccc2)C=C(c2ccccc2)CC1. The van der Waals surface area contributed by atoms with Crippen LogP contribution in [0.4, 0.5) is 0 Å². The topological polar surface area (TPSA) is 37.3 Å². The predicted molar refractivity (Wildman–Crippen MR) is 79.4 cm³/mol. The third-order valence-corrected chi connectivity index (χ3v) is 4.02. The molecule has 20 heavy (non-hydrogen) atoms. The van der Waals surface area contributed by atoms with Gasteiger partial charge in [0.25, 0.3) is 0 Å². The number of carboxylic acids is 1. The van der Waals surface area contributed by atoms with Crippen molar-refractivity contribution in [3.05, 3.63) is 77.9 Å². The quantitative estimate of drug-likeness (QED) is 0.913. The van der Waals surface area contributed by atoms with E-state index < -0.39 is 11.4 Å². The maximum atomic E-state index is 11.9. The van der Waals surface area contributed by atoms with E-state index in [0.29, 0.717) is 6.42 Å². The molecule has 0 amide bonds. The number of carbonyl (C=O) groups is 1. The van der Waals surface area contributed by atoms with Gasteiger partial charge in [0.05, 0.1) is 0 Å². The number of carboxylic acid groups (broad SMARTS) is 1. The summed E-state index contributed by atoms with van der Waals surface area (Å²) in [5.41, 5.74) is 2.22. The van der Waals surface area contributed by atoms with Gasteiger partial charge in [0.15, 0.2) is 0 Å². The van der Waals surface area contributed by atoms with Crippen LogP contribution in [-0.2, 0) is 10.2 Å². The largest absolute Gasteiger partial charge is 0.480 e. The molecular weight excluding hydrogens is 248 g/mol. The van der Waals surface area contributed by atoms with Gasteiger partial charge >= 0.3 is 5.97 Å². The predicted octanol–water partition coefficient (Wildman–Crippen LogP) is 3.89. The molecule has 100 valence electrons. The molecule has 1 atom stereocenters. The first kappa shape index (κ1) is 12.7. The first-order valence-electron chi connectivity index (χ1n) is 6.78. The molecular formula is C18H16O2. The van der Waals surface area contributed by atoms with Crippen LogP contribution in [0.3, 0.4) is 0 Å². The second kappa shape index (κ2) is 4.97. The fraction of sp³-hybridized carbons (Fsp3) is 0.167. The molecule has 0 heterocycles. The Bertz CT molecular complexity index is 644. The molecule has 0 radical (unpaired) electrons. The summed E-state index contributed by atoms with van der Waals surface area (Å²) in [6, 6.07) is 19.5. The number of hydrogen-bond donors (Lipinski definition) is 1. The van der Waals surface area contributed by atoms with Crippen LogP contribution in [-0.4, -0.2) is 11.1 Å². The van der Waals surface area contributed by atoms with Gasteiger partial charge in [0.1, 0.15) is 5.41 Å². The maximum Gasteiger partial charge on any atom is 0.318 e. The van der Waals surface area contributed by atoms with Gasteiger partial charge < -0.3 is 5.11 Å². The average Bonchev–Trinajstić information content (AvgIpc) is 2.96. The third kappa shape index (κ3) is 2.03. The molecule has 1 N–H and O–H groups in total. The van der Waals surface area contributed by atoms with Crippen molar-refractivity contribution in [2.24, 2.45) is 0 Å². The van der Waals surface area contributed by atoms with Gasteiger partial charge in [-0.05, 0) is 29.5 Å². The Hall–Kier alpha value is -2.35. The number of aliphatic carboxylic acids is 1. The van der Waals surface area contributed by atoms with E-state index in [9.17, 15) is 9.90 Å². The molecule has 0 spiro atoms. The Morgan fingerprint density at radius 1 is 0.950 bits per heavy atom. The van der Waals surface area contributed by atoms with Crippen molar-refractivity contribution in [1.29, 1.82) is 0 Å². The van der Waals surface area contributed by atoms with Gasteiger partial charge in [0, 0.05) is 0 Å². The van der Waals surface area contributed by atoms with Gasteiger partial charge in [-0.2, -0.15) is 0 Å². The standard InChI is InChI=1S/C18H16O2/c19-17(20)18(16-9-5-2-6-10-16)12-11-15(13-18)14-7-3-1-4-8-14/h1-10,13H,11-12H2,(H,19,20)/t18-/m0/s1. The van der Waals surface area contributed by atoms with E-state index in [2.05, 4.69) is 0 Å². The Kier molecular flexibility index (Phi) is 3.15. The minimum absolute atomic E-state index is 0.622. The molecule has 2 nitrogen and oxygen atoms in total. The molecule has 1 aliphatic rings. The van der Waals surface area contributed by atoms with Crippen LogP contribution in [0, 0.1) is 0 Å². The number of benzene rings is 2. The van der Waals surface area contributed by atoms with Crippen molar-refractivity contribution >= 4 is 11.5 Å². The van der Waals surface area contributed by atoms with Crippen LogP contribution in [0.2, 0.25) is 0 Å². The van der Waals surface area contributed by atoms with Gasteiger partial charge in [-0.25, -0.2) is 0 Å². The summed E-state index contributed by atoms with van der Waals surface area (Å²) in [4.78, 5) is 11.9. The highest BCUT2D eigenvalue weighted by Gasteiger charge is 2.42. The van der Waals surface area contributed by atoms with Crippen molar-refractivity contribution in [3.8, 4) is 0 Å². The Morgan fingerprint density at radius 3 is 2.15 bits per heavy atom. The first-order valence-corrected chi connectivity index (χ1v) is 6.78. The summed E-state index contributed by atoms with van der Waals surface area (Å²) in [5.74, 6) is -0.769. The van der Waals surface area contributed by atoms with Gasteiger partial charge in [0.2, 0.25) is 0 Å². The van der Waals surface area contributed by atoms with Crippen LogP contribution in [0.5, 0.6) is 0 Å². The lowest BCUT2D eigenvalue weighted by molar-refractivity contribution is -0.141. The lowest BCUT2D eigenvalue weighted by Crippen LogP contribution is -2.31. The Labute approximate surface area is 118 Å². The molecule has 0 saturated heterocycles. The molecule has 0 saturated carbocycles. The molecule has 2 heteroatoms. The summed E-state index contributed by atoms with van der Waals surface area (Å²) < 4.78 is 0. The third-order valence-electron chi connectivity index (χ3n) is 4.02. The highest BCUT2D eigenvalue weighted by molar-refractivity contribution is 5.89. The smallest absolute Gasteiger partial charge is 0.318 e. The van der Waals surface area contributed by atoms with Crippen LogP contribution < -0.4 is 0 Å². The fourth-order valence-corrected chi connectivity index (χ4v) is 2.91. The molecule has 0 aliphatic heterocycles. The molecule has 0 aromatic heterocycles. The first-order chi connectivity index (χ1) is 9.72. The highest BCUT2D eigenvalue weighted by atomic mass is 16.4. The van der Waals surface area contributed by atoms with Crippen molar-refractivity contribution in [2.75, 3.05) is 0 Å². The van der Waals surface area contributed by atoms with Crippen molar-refractivity contribution in [2.45, 2.75) is 18.3 Å². The zero-order valence-electron chi connectivity index (χ0n) is 11.1. The summed E-state index contributed by atoms with van der Waals surface area (Å²) in [6.45, 7) is 0. The summed E-state index contributed by atoms with van der Waals surface area (Å²) >= 11 is 0. The molecule has 0 fully saturated rings. The number of hydrogen-bond acceptors (Lipinski definition) is 1. The van der Waals surface area contributed by atoms with Gasteiger partial charge in [-0.15, -0.1) is 0 Å². The number of rotatable bonds is 3. The lowest BCUT2D eigenvalue weighted by Gasteiger charge is -2.22. The second-order valence-electron chi connectivity index (χ2n) is 5.18. The second-order valence-corrected chi connectivity index (χ2v) is 5.18. The Balaban J connectivity index is 2.07. The lowest BCUT2D eigenvalue weighted by atomic mass is 9.80. The van der Waals surface area contributed by atoms with E-state index >= 15 is 0 Å². The summed E-state index contributed by atoms with van der Waals surface area (Å²) in [5, 5.41) is 9.74. The van der Waals surface area contributed by atoms with Crippen molar-refractivity contribution < 1.29 is 9.90 Å². The Morgan fingerprint density at radius 2 is 1.55 bits per heavy atom. The highest BCUT2D eigenvalue weighted by Crippen LogP contribution is 2.42. The van der Waals surface area contributed by atoms with E-state index in [0.717, 1.165) is 23.1 Å². The minimum atomic E-state index is -0.883. The molecule has 0 bridgehead atoms. The molecule has 3 rings (SSSR count). The van der Waals surface area contributed by atoms with Crippen molar-refractivity contribution in [3.63, 3.8) is 0 Å². The minimum Gasteiger partial charge on any atom is -0.480 e. The van der Waals surface area contributed by atoms with Gasteiger partial charge in [-0.3, -0.25) is 4.79 Å². The van der Waals surface area contributed by atoms with Crippen molar-refractivity contribution in [1.82, 2.24) is 0 Å². The van der Waals surface area contributed by atoms with Gasteiger partial charge in [-0.1, -0.05) is 66.7 Å². The summed E-state index contributed by atoms with van der Waals surface area (Å²) in [7, 11) is 0. The van der Waals surface area contributed by atoms with Crippen LogP contribution in [0.15, 0.2) is 66.7 Å². The van der Waals surface area contributed by atoms with Crippen LogP contribution in [0.25, 0.3) is 5.57 Å². The zero-order chi connectivity index (χ0) is 14.0. The molecule has 0 unspecified atom stereocenters.